The Balaban J connectivity index is 1.54. The van der Waals surface area contributed by atoms with Crippen LogP contribution >= 0.6 is 11.6 Å². The third-order valence-corrected chi connectivity index (χ3v) is 9.89. The number of rotatable bonds is 6. The van der Waals surface area contributed by atoms with Gasteiger partial charge in [0.15, 0.2) is 0 Å². The van der Waals surface area contributed by atoms with E-state index >= 15 is 0 Å². The molecule has 0 radical (unpaired) electrons. The van der Waals surface area contributed by atoms with Crippen molar-refractivity contribution in [2.24, 2.45) is 0 Å². The largest absolute Gasteiger partial charge is 0.464 e. The Morgan fingerprint density at radius 2 is 1.70 bits per heavy atom. The molecule has 194 valence electrons. The van der Waals surface area contributed by atoms with Crippen LogP contribution in [0.5, 0.6) is 0 Å². The topological polar surface area (TPSA) is 75.7 Å². The van der Waals surface area contributed by atoms with Gasteiger partial charge in [0.2, 0.25) is 10.0 Å². The number of fused-ring (bicyclic) bond motifs is 2. The number of halogens is 1. The molecule has 5 rings (SSSR count). The van der Waals surface area contributed by atoms with Gasteiger partial charge in [-0.1, -0.05) is 59.6 Å². The molecule has 0 saturated heterocycles. The third-order valence-electron chi connectivity index (χ3n) is 7.72. The Hall–Kier alpha value is -2.87. The molecule has 2 aliphatic rings. The first-order valence-corrected chi connectivity index (χ1v) is 14.4. The number of esters is 1. The lowest BCUT2D eigenvalue weighted by Crippen LogP contribution is -2.56. The number of anilines is 1. The van der Waals surface area contributed by atoms with E-state index in [1.54, 1.807) is 35.5 Å². The number of carbonyl (C=O) groups excluding carboxylic acids is 1. The van der Waals surface area contributed by atoms with Crippen molar-refractivity contribution < 1.29 is 17.9 Å². The fraction of sp³-hybridized carbons (Fsp3) is 0.345. The SMILES string of the molecule is CCOC(=O)C1(Nc2cccc(Cl)c2)CCC2(CC1)c1ccccc1CN2S(=O)(=O)c1ccc(C)cc1. The van der Waals surface area contributed by atoms with Crippen LogP contribution < -0.4 is 5.32 Å². The second-order valence-electron chi connectivity index (χ2n) is 9.95. The van der Waals surface area contributed by atoms with E-state index in [2.05, 4.69) is 5.32 Å². The molecule has 0 amide bonds. The molecule has 3 aromatic carbocycles. The van der Waals surface area contributed by atoms with E-state index in [0.717, 1.165) is 22.4 Å². The maximum absolute atomic E-state index is 14.0. The smallest absolute Gasteiger partial charge is 0.331 e. The van der Waals surface area contributed by atoms with Gasteiger partial charge in [0.25, 0.3) is 0 Å². The molecule has 3 aromatic rings. The average molecular weight is 539 g/mol. The number of nitrogens with one attached hydrogen (secondary N) is 1. The van der Waals surface area contributed by atoms with Crippen LogP contribution in [0.3, 0.4) is 0 Å². The summed E-state index contributed by atoms with van der Waals surface area (Å²) in [7, 11) is -3.78. The molecule has 1 aliphatic carbocycles. The van der Waals surface area contributed by atoms with Crippen molar-refractivity contribution >= 4 is 33.3 Å². The molecule has 37 heavy (non-hydrogen) atoms. The van der Waals surface area contributed by atoms with Gasteiger partial charge in [0, 0.05) is 17.3 Å². The Morgan fingerprint density at radius 3 is 2.38 bits per heavy atom. The standard InChI is InChI=1S/C29H31ClN2O4S/c1-3-36-27(33)28(31-24-9-6-8-23(30)19-24)15-17-29(18-16-28)26-10-5-4-7-22(26)20-32(29)37(34,35)25-13-11-21(2)12-14-25/h4-14,19,31H,3,15-18,20H2,1-2H3. The minimum absolute atomic E-state index is 0.264. The van der Waals surface area contributed by atoms with E-state index < -0.39 is 21.1 Å². The highest BCUT2D eigenvalue weighted by Crippen LogP contribution is 2.53. The normalized spacial score (nSPS) is 23.5. The van der Waals surface area contributed by atoms with Crippen molar-refractivity contribution in [2.45, 2.75) is 62.0 Å². The Kier molecular flexibility index (Phi) is 6.81. The molecular weight excluding hydrogens is 508 g/mol. The Morgan fingerprint density at radius 1 is 1.00 bits per heavy atom. The molecule has 1 saturated carbocycles. The van der Waals surface area contributed by atoms with Crippen LogP contribution in [0, 0.1) is 6.92 Å². The highest BCUT2D eigenvalue weighted by atomic mass is 35.5. The summed E-state index contributed by atoms with van der Waals surface area (Å²) in [6, 6.07) is 22.2. The summed E-state index contributed by atoms with van der Waals surface area (Å²) >= 11 is 6.21. The van der Waals surface area contributed by atoms with Crippen LogP contribution in [0.15, 0.2) is 77.7 Å². The molecule has 1 N–H and O–H groups in total. The van der Waals surface area contributed by atoms with Gasteiger partial charge in [-0.05, 0) is 81.0 Å². The van der Waals surface area contributed by atoms with Gasteiger partial charge >= 0.3 is 5.97 Å². The van der Waals surface area contributed by atoms with Gasteiger partial charge in [0.05, 0.1) is 17.0 Å². The van der Waals surface area contributed by atoms with Crippen LogP contribution in [-0.2, 0) is 31.6 Å². The van der Waals surface area contributed by atoms with Gasteiger partial charge < -0.3 is 10.1 Å². The number of hydrogen-bond acceptors (Lipinski definition) is 5. The highest BCUT2D eigenvalue weighted by Gasteiger charge is 2.56. The number of hydrogen-bond donors (Lipinski definition) is 1. The molecule has 1 spiro atoms. The summed E-state index contributed by atoms with van der Waals surface area (Å²) in [5, 5.41) is 3.98. The van der Waals surface area contributed by atoms with Gasteiger partial charge in [-0.2, -0.15) is 4.31 Å². The van der Waals surface area contributed by atoms with Crippen molar-refractivity contribution in [3.63, 3.8) is 0 Å². The van der Waals surface area contributed by atoms with Crippen LogP contribution in [0.1, 0.15) is 49.3 Å². The first kappa shape index (κ1) is 25.8. The molecule has 1 fully saturated rings. The van der Waals surface area contributed by atoms with Gasteiger partial charge in [0.1, 0.15) is 5.54 Å². The van der Waals surface area contributed by atoms with Crippen LogP contribution in [-0.4, -0.2) is 30.8 Å². The second kappa shape index (κ2) is 9.78. The van der Waals surface area contributed by atoms with E-state index in [1.165, 1.54) is 0 Å². The minimum atomic E-state index is -3.78. The quantitative estimate of drug-likeness (QED) is 0.387. The van der Waals surface area contributed by atoms with Crippen molar-refractivity contribution in [3.8, 4) is 0 Å². The average Bonchev–Trinajstić information content (AvgIpc) is 3.21. The predicted octanol–water partition coefficient (Wildman–Crippen LogP) is 6.04. The Bertz CT molecular complexity index is 1410. The zero-order valence-electron chi connectivity index (χ0n) is 21.0. The van der Waals surface area contributed by atoms with Gasteiger partial charge in [-0.15, -0.1) is 0 Å². The molecular formula is C29H31ClN2O4S. The lowest BCUT2D eigenvalue weighted by atomic mass is 9.69. The van der Waals surface area contributed by atoms with Crippen molar-refractivity contribution in [1.82, 2.24) is 4.31 Å². The zero-order chi connectivity index (χ0) is 26.3. The summed E-state index contributed by atoms with van der Waals surface area (Å²) in [6.07, 6.45) is 1.77. The predicted molar refractivity (Wildman–Crippen MR) is 145 cm³/mol. The number of sulfonamides is 1. The van der Waals surface area contributed by atoms with Crippen molar-refractivity contribution in [1.29, 1.82) is 0 Å². The third kappa shape index (κ3) is 4.54. The van der Waals surface area contributed by atoms with E-state index in [1.807, 2.05) is 55.5 Å². The lowest BCUT2D eigenvalue weighted by molar-refractivity contribution is -0.150. The van der Waals surface area contributed by atoms with E-state index in [-0.39, 0.29) is 17.5 Å². The van der Waals surface area contributed by atoms with Crippen molar-refractivity contribution in [3.05, 3.63) is 94.5 Å². The van der Waals surface area contributed by atoms with Crippen LogP contribution in [0.25, 0.3) is 0 Å². The fourth-order valence-electron chi connectivity index (χ4n) is 5.81. The van der Waals surface area contributed by atoms with Crippen LogP contribution in [0.2, 0.25) is 5.02 Å². The fourth-order valence-corrected chi connectivity index (χ4v) is 7.78. The number of carbonyl (C=O) groups is 1. The number of ether oxygens (including phenoxy) is 1. The number of benzene rings is 3. The maximum Gasteiger partial charge on any atom is 0.331 e. The molecule has 0 aromatic heterocycles. The van der Waals surface area contributed by atoms with E-state index in [9.17, 15) is 13.2 Å². The van der Waals surface area contributed by atoms with Gasteiger partial charge in [-0.3, -0.25) is 0 Å². The van der Waals surface area contributed by atoms with E-state index in [0.29, 0.717) is 37.3 Å². The van der Waals surface area contributed by atoms with Gasteiger partial charge in [-0.25, -0.2) is 13.2 Å². The minimum Gasteiger partial charge on any atom is -0.464 e. The summed E-state index contributed by atoms with van der Waals surface area (Å²) < 4.78 is 35.2. The molecule has 0 unspecified atom stereocenters. The molecule has 8 heteroatoms. The number of aryl methyl sites for hydroxylation is 1. The highest BCUT2D eigenvalue weighted by molar-refractivity contribution is 7.89. The summed E-state index contributed by atoms with van der Waals surface area (Å²) in [6.45, 7) is 4.30. The van der Waals surface area contributed by atoms with Crippen molar-refractivity contribution in [2.75, 3.05) is 11.9 Å². The summed E-state index contributed by atoms with van der Waals surface area (Å²) in [5.41, 5.74) is 2.03. The zero-order valence-corrected chi connectivity index (χ0v) is 22.6. The maximum atomic E-state index is 14.0. The monoisotopic (exact) mass is 538 g/mol. The number of nitrogens with zero attached hydrogens (tertiary/aromatic N) is 1. The van der Waals surface area contributed by atoms with Crippen LogP contribution in [0.4, 0.5) is 5.69 Å². The molecule has 1 aliphatic heterocycles. The molecule has 0 bridgehead atoms. The summed E-state index contributed by atoms with van der Waals surface area (Å²) in [4.78, 5) is 13.6. The second-order valence-corrected chi connectivity index (χ2v) is 12.3. The molecule has 6 nitrogen and oxygen atoms in total. The first-order valence-electron chi connectivity index (χ1n) is 12.6. The lowest BCUT2D eigenvalue weighted by Gasteiger charge is -2.47. The molecule has 1 heterocycles. The van der Waals surface area contributed by atoms with E-state index in [4.69, 9.17) is 16.3 Å². The first-order chi connectivity index (χ1) is 17.7. The Labute approximate surface area is 223 Å². The molecule has 0 atom stereocenters. The summed E-state index contributed by atoms with van der Waals surface area (Å²) in [5.74, 6) is -0.330.